The van der Waals surface area contributed by atoms with Crippen LogP contribution in [0.3, 0.4) is 0 Å². The molecule has 4 N–H and O–H groups in total. The molecule has 0 spiro atoms. The third kappa shape index (κ3) is 3.50. The Kier molecular flexibility index (Phi) is 4.85. The van der Waals surface area contributed by atoms with Crippen molar-refractivity contribution in [2.75, 3.05) is 11.9 Å². The van der Waals surface area contributed by atoms with Crippen LogP contribution in [0.4, 0.5) is 5.69 Å². The molecule has 0 saturated carbocycles. The van der Waals surface area contributed by atoms with Gasteiger partial charge in [0.15, 0.2) is 0 Å². The first kappa shape index (κ1) is 18.8. The molecule has 1 saturated heterocycles. The SMILES string of the molecule is NC(CNc1ccc2c(c1)C(=O)N(C1CCC(=O)NC1=O)C2=O)c1ccccc1. The summed E-state index contributed by atoms with van der Waals surface area (Å²) in [5, 5.41) is 5.37. The van der Waals surface area contributed by atoms with Crippen LogP contribution < -0.4 is 16.4 Å². The zero-order valence-corrected chi connectivity index (χ0v) is 15.6. The van der Waals surface area contributed by atoms with Crippen LogP contribution in [0.25, 0.3) is 0 Å². The lowest BCUT2D eigenvalue weighted by molar-refractivity contribution is -0.136. The normalized spacial score (nSPS) is 19.8. The number of hydrogen-bond acceptors (Lipinski definition) is 6. The molecule has 2 aromatic rings. The number of nitrogens with one attached hydrogen (secondary N) is 2. The van der Waals surface area contributed by atoms with Crippen molar-refractivity contribution in [3.05, 3.63) is 65.2 Å². The van der Waals surface area contributed by atoms with E-state index >= 15 is 0 Å². The van der Waals surface area contributed by atoms with Gasteiger partial charge in [-0.2, -0.15) is 0 Å². The van der Waals surface area contributed by atoms with Gasteiger partial charge in [-0.05, 0) is 30.2 Å². The smallest absolute Gasteiger partial charge is 0.262 e. The molecule has 2 aromatic carbocycles. The average molecular weight is 392 g/mol. The topological polar surface area (TPSA) is 122 Å². The monoisotopic (exact) mass is 392 g/mol. The Morgan fingerprint density at radius 1 is 1.03 bits per heavy atom. The van der Waals surface area contributed by atoms with Crippen molar-refractivity contribution in [1.82, 2.24) is 10.2 Å². The van der Waals surface area contributed by atoms with E-state index in [1.165, 1.54) is 0 Å². The molecule has 8 heteroatoms. The second-order valence-corrected chi connectivity index (χ2v) is 7.11. The molecule has 8 nitrogen and oxygen atoms in total. The van der Waals surface area contributed by atoms with Crippen LogP contribution in [0.15, 0.2) is 48.5 Å². The van der Waals surface area contributed by atoms with E-state index in [1.807, 2.05) is 30.3 Å². The zero-order valence-electron chi connectivity index (χ0n) is 15.6. The van der Waals surface area contributed by atoms with E-state index in [0.29, 0.717) is 12.2 Å². The van der Waals surface area contributed by atoms with E-state index < -0.39 is 29.7 Å². The summed E-state index contributed by atoms with van der Waals surface area (Å²) in [5.41, 5.74) is 8.31. The van der Waals surface area contributed by atoms with E-state index in [0.717, 1.165) is 10.5 Å². The highest BCUT2D eigenvalue weighted by Crippen LogP contribution is 2.29. The van der Waals surface area contributed by atoms with Crippen molar-refractivity contribution in [3.63, 3.8) is 0 Å². The van der Waals surface area contributed by atoms with Gasteiger partial charge in [0, 0.05) is 24.7 Å². The number of rotatable bonds is 5. The molecule has 0 radical (unpaired) electrons. The molecule has 2 unspecified atom stereocenters. The number of hydrogen-bond donors (Lipinski definition) is 3. The van der Waals surface area contributed by atoms with Gasteiger partial charge in [-0.3, -0.25) is 29.4 Å². The number of nitrogens with two attached hydrogens (primary N) is 1. The molecule has 2 aliphatic heterocycles. The largest absolute Gasteiger partial charge is 0.383 e. The Labute approximate surface area is 167 Å². The number of nitrogens with zero attached hydrogens (tertiary/aromatic N) is 1. The van der Waals surface area contributed by atoms with Crippen LogP contribution in [0, 0.1) is 0 Å². The van der Waals surface area contributed by atoms with Gasteiger partial charge in [-0.25, -0.2) is 0 Å². The van der Waals surface area contributed by atoms with Gasteiger partial charge >= 0.3 is 0 Å². The molecular weight excluding hydrogens is 372 g/mol. The third-order valence-corrected chi connectivity index (χ3v) is 5.19. The maximum absolute atomic E-state index is 12.8. The number of carbonyl (C=O) groups is 4. The van der Waals surface area contributed by atoms with E-state index in [2.05, 4.69) is 10.6 Å². The second kappa shape index (κ2) is 7.48. The first-order valence-electron chi connectivity index (χ1n) is 9.35. The minimum Gasteiger partial charge on any atom is -0.383 e. The van der Waals surface area contributed by atoms with Gasteiger partial charge < -0.3 is 11.1 Å². The van der Waals surface area contributed by atoms with Crippen molar-refractivity contribution in [3.8, 4) is 0 Å². The first-order valence-corrected chi connectivity index (χ1v) is 9.35. The Morgan fingerprint density at radius 3 is 2.48 bits per heavy atom. The fraction of sp³-hybridized carbons (Fsp3) is 0.238. The predicted molar refractivity (Wildman–Crippen MR) is 105 cm³/mol. The molecular formula is C21H20N4O4. The maximum Gasteiger partial charge on any atom is 0.262 e. The maximum atomic E-state index is 12.8. The lowest BCUT2D eigenvalue weighted by Crippen LogP contribution is -2.54. The van der Waals surface area contributed by atoms with Gasteiger partial charge in [0.2, 0.25) is 11.8 Å². The molecule has 148 valence electrons. The highest BCUT2D eigenvalue weighted by atomic mass is 16.2. The van der Waals surface area contributed by atoms with Crippen LogP contribution in [0.2, 0.25) is 0 Å². The Morgan fingerprint density at radius 2 is 1.76 bits per heavy atom. The molecule has 29 heavy (non-hydrogen) atoms. The van der Waals surface area contributed by atoms with Gasteiger partial charge in [0.1, 0.15) is 6.04 Å². The fourth-order valence-corrected chi connectivity index (χ4v) is 3.63. The summed E-state index contributed by atoms with van der Waals surface area (Å²) in [5.74, 6) is -2.07. The van der Waals surface area contributed by atoms with Gasteiger partial charge in [-0.15, -0.1) is 0 Å². The summed E-state index contributed by atoms with van der Waals surface area (Å²) in [6, 6.07) is 13.3. The molecule has 2 aliphatic rings. The van der Waals surface area contributed by atoms with Crippen molar-refractivity contribution < 1.29 is 19.2 Å². The molecule has 4 amide bonds. The molecule has 0 aromatic heterocycles. The van der Waals surface area contributed by atoms with Crippen molar-refractivity contribution >= 4 is 29.3 Å². The Bertz CT molecular complexity index is 1000. The zero-order chi connectivity index (χ0) is 20.5. The lowest BCUT2D eigenvalue weighted by atomic mass is 10.0. The number of amides is 4. The molecule has 2 heterocycles. The number of imide groups is 2. The van der Waals surface area contributed by atoms with Gasteiger partial charge in [0.25, 0.3) is 11.8 Å². The van der Waals surface area contributed by atoms with Gasteiger partial charge in [0.05, 0.1) is 11.1 Å². The van der Waals surface area contributed by atoms with E-state index in [1.54, 1.807) is 18.2 Å². The van der Waals surface area contributed by atoms with E-state index in [4.69, 9.17) is 5.73 Å². The lowest BCUT2D eigenvalue weighted by Gasteiger charge is -2.27. The average Bonchev–Trinajstić information content (AvgIpc) is 2.97. The molecule has 0 bridgehead atoms. The highest BCUT2D eigenvalue weighted by Gasteiger charge is 2.44. The third-order valence-electron chi connectivity index (χ3n) is 5.19. The van der Waals surface area contributed by atoms with Crippen LogP contribution in [-0.2, 0) is 9.59 Å². The minimum absolute atomic E-state index is 0.0913. The Balaban J connectivity index is 1.50. The van der Waals surface area contributed by atoms with E-state index in [-0.39, 0.29) is 30.0 Å². The molecule has 1 fully saturated rings. The summed E-state index contributed by atoms with van der Waals surface area (Å²) in [7, 11) is 0. The molecule has 0 aliphatic carbocycles. The van der Waals surface area contributed by atoms with Crippen LogP contribution in [0.5, 0.6) is 0 Å². The van der Waals surface area contributed by atoms with Crippen molar-refractivity contribution in [1.29, 1.82) is 0 Å². The highest BCUT2D eigenvalue weighted by molar-refractivity contribution is 6.23. The quantitative estimate of drug-likeness (QED) is 0.658. The van der Waals surface area contributed by atoms with Crippen molar-refractivity contribution in [2.45, 2.75) is 24.9 Å². The standard InChI is InChI=1S/C21H20N4O4/c22-16(12-4-2-1-3-5-12)11-23-13-6-7-14-15(10-13)21(29)25(20(14)28)17-8-9-18(26)24-19(17)27/h1-7,10,16-17,23H,8-9,11,22H2,(H,24,26,27). The van der Waals surface area contributed by atoms with Crippen LogP contribution in [0.1, 0.15) is 45.2 Å². The molecule has 2 atom stereocenters. The first-order chi connectivity index (χ1) is 14.0. The number of fused-ring (bicyclic) bond motifs is 1. The minimum atomic E-state index is -0.969. The summed E-state index contributed by atoms with van der Waals surface area (Å²) in [6.45, 7) is 0.446. The summed E-state index contributed by atoms with van der Waals surface area (Å²) in [6.07, 6.45) is 0.223. The predicted octanol–water partition coefficient (Wildman–Crippen LogP) is 1.20. The Hall–Kier alpha value is -3.52. The van der Waals surface area contributed by atoms with Crippen molar-refractivity contribution in [2.24, 2.45) is 5.73 Å². The molecule has 4 rings (SSSR count). The fourth-order valence-electron chi connectivity index (χ4n) is 3.63. The van der Waals surface area contributed by atoms with Crippen LogP contribution in [-0.4, -0.2) is 41.1 Å². The summed E-state index contributed by atoms with van der Waals surface area (Å²) < 4.78 is 0. The van der Waals surface area contributed by atoms with Gasteiger partial charge in [-0.1, -0.05) is 30.3 Å². The second-order valence-electron chi connectivity index (χ2n) is 7.11. The summed E-state index contributed by atoms with van der Waals surface area (Å²) >= 11 is 0. The number of piperidine rings is 1. The number of anilines is 1. The van der Waals surface area contributed by atoms with Crippen LogP contribution >= 0.6 is 0 Å². The number of carbonyl (C=O) groups excluding carboxylic acids is 4. The number of benzene rings is 2. The van der Waals surface area contributed by atoms with E-state index in [9.17, 15) is 19.2 Å². The summed E-state index contributed by atoms with van der Waals surface area (Å²) in [4.78, 5) is 49.9.